The molecule has 0 heterocycles. The van der Waals surface area contributed by atoms with Gasteiger partial charge in [-0.05, 0) is 6.42 Å². The topological polar surface area (TPSA) is 80.9 Å². The van der Waals surface area contributed by atoms with E-state index in [0.717, 1.165) is 12.8 Å². The number of aliphatic hydroxyl groups is 4. The average Bonchev–Trinajstić information content (AvgIpc) is 2.19. The molecule has 5 heteroatoms. The smallest absolute Gasteiger partial charge is 0.0528 e. The van der Waals surface area contributed by atoms with Gasteiger partial charge in [-0.2, -0.15) is 0 Å². The number of hydrogen-bond donors (Lipinski definition) is 4. The fourth-order valence-electron chi connectivity index (χ4n) is 0.308. The standard InChI is InChI=1S/C5H12O3.C4H10O.Ti/c1-5(2-6,3-7)4-8;1-2-3-4-5;/h6-8H,2-4H2,1H3;5H,2-4H2,1H3;. The van der Waals surface area contributed by atoms with Crippen LogP contribution in [0.4, 0.5) is 0 Å². The van der Waals surface area contributed by atoms with E-state index in [1.807, 2.05) is 0 Å². The van der Waals surface area contributed by atoms with E-state index in [1.165, 1.54) is 0 Å². The van der Waals surface area contributed by atoms with Crippen LogP contribution in [0.15, 0.2) is 0 Å². The van der Waals surface area contributed by atoms with Crippen molar-refractivity contribution in [3.63, 3.8) is 0 Å². The first kappa shape index (κ1) is 20.0. The summed E-state index contributed by atoms with van der Waals surface area (Å²) in [4.78, 5) is 0. The Balaban J connectivity index is -0.000000177. The van der Waals surface area contributed by atoms with Crippen molar-refractivity contribution in [3.05, 3.63) is 0 Å². The average molecular weight is 242 g/mol. The van der Waals surface area contributed by atoms with Crippen LogP contribution in [0.2, 0.25) is 0 Å². The summed E-state index contributed by atoms with van der Waals surface area (Å²) in [6.45, 7) is 3.46. The van der Waals surface area contributed by atoms with Crippen LogP contribution in [0.5, 0.6) is 0 Å². The Bertz CT molecular complexity index is 86.5. The van der Waals surface area contributed by atoms with E-state index in [9.17, 15) is 0 Å². The zero-order valence-electron chi connectivity index (χ0n) is 9.03. The molecule has 0 saturated heterocycles. The van der Waals surface area contributed by atoms with Gasteiger partial charge in [0.2, 0.25) is 0 Å². The van der Waals surface area contributed by atoms with Gasteiger partial charge in [0.25, 0.3) is 0 Å². The van der Waals surface area contributed by atoms with Gasteiger partial charge in [-0.3, -0.25) is 0 Å². The third kappa shape index (κ3) is 12.6. The maximum absolute atomic E-state index is 8.47. The molecule has 0 atom stereocenters. The maximum atomic E-state index is 8.47. The van der Waals surface area contributed by atoms with Gasteiger partial charge in [0.05, 0.1) is 19.8 Å². The van der Waals surface area contributed by atoms with Crippen molar-refractivity contribution in [1.29, 1.82) is 0 Å². The molecule has 0 aliphatic heterocycles. The molecule has 0 radical (unpaired) electrons. The molecule has 0 rings (SSSR count). The van der Waals surface area contributed by atoms with Crippen LogP contribution in [0.25, 0.3) is 0 Å². The summed E-state index contributed by atoms with van der Waals surface area (Å²) >= 11 is 0. The summed E-state index contributed by atoms with van der Waals surface area (Å²) in [5, 5.41) is 33.5. The molecule has 0 fully saturated rings. The van der Waals surface area contributed by atoms with Crippen molar-refractivity contribution < 1.29 is 42.1 Å². The maximum Gasteiger partial charge on any atom is 0.0528 e. The molecule has 14 heavy (non-hydrogen) atoms. The van der Waals surface area contributed by atoms with Crippen LogP contribution in [-0.4, -0.2) is 46.9 Å². The summed E-state index contributed by atoms with van der Waals surface area (Å²) in [6.07, 6.45) is 2.04. The first-order valence-electron chi connectivity index (χ1n) is 4.53. The number of rotatable bonds is 5. The zero-order chi connectivity index (χ0) is 10.7. The van der Waals surface area contributed by atoms with Crippen LogP contribution in [-0.2, 0) is 21.7 Å². The summed E-state index contributed by atoms with van der Waals surface area (Å²) in [5.41, 5.74) is -0.708. The van der Waals surface area contributed by atoms with Crippen molar-refractivity contribution in [3.8, 4) is 0 Å². The van der Waals surface area contributed by atoms with Gasteiger partial charge in [-0.25, -0.2) is 0 Å². The van der Waals surface area contributed by atoms with Gasteiger partial charge in [0.15, 0.2) is 0 Å². The Morgan fingerprint density at radius 3 is 1.29 bits per heavy atom. The summed E-state index contributed by atoms with van der Waals surface area (Å²) in [5.74, 6) is 0. The molecule has 0 aromatic carbocycles. The molecule has 0 aliphatic rings. The van der Waals surface area contributed by atoms with E-state index < -0.39 is 5.41 Å². The SMILES string of the molecule is CC(CO)(CO)CO.CCCCO.[Ti]. The molecule has 86 valence electrons. The fourth-order valence-corrected chi connectivity index (χ4v) is 0.308. The van der Waals surface area contributed by atoms with Gasteiger partial charge in [-0.1, -0.05) is 20.3 Å². The fraction of sp³-hybridized carbons (Fsp3) is 1.00. The monoisotopic (exact) mass is 242 g/mol. The van der Waals surface area contributed by atoms with Gasteiger partial charge in [-0.15, -0.1) is 0 Å². The Kier molecular flexibility index (Phi) is 19.4. The Morgan fingerprint density at radius 1 is 0.929 bits per heavy atom. The molecule has 0 aromatic rings. The van der Waals surface area contributed by atoms with Crippen molar-refractivity contribution in [1.82, 2.24) is 0 Å². The van der Waals surface area contributed by atoms with Crippen LogP contribution in [0, 0.1) is 5.41 Å². The predicted octanol–water partition coefficient (Wildman–Crippen LogP) is -0.254. The van der Waals surface area contributed by atoms with Crippen molar-refractivity contribution >= 4 is 0 Å². The van der Waals surface area contributed by atoms with Crippen molar-refractivity contribution in [2.75, 3.05) is 26.4 Å². The molecule has 0 bridgehead atoms. The van der Waals surface area contributed by atoms with E-state index >= 15 is 0 Å². The second kappa shape index (κ2) is 13.6. The quantitative estimate of drug-likeness (QED) is 0.501. The van der Waals surface area contributed by atoms with Crippen LogP contribution in [0.3, 0.4) is 0 Å². The molecule has 0 unspecified atom stereocenters. The van der Waals surface area contributed by atoms with Gasteiger partial charge in [0, 0.05) is 33.7 Å². The van der Waals surface area contributed by atoms with Crippen LogP contribution >= 0.6 is 0 Å². The molecular weight excluding hydrogens is 220 g/mol. The molecule has 0 aromatic heterocycles. The summed E-state index contributed by atoms with van der Waals surface area (Å²) in [7, 11) is 0. The predicted molar refractivity (Wildman–Crippen MR) is 51.4 cm³/mol. The van der Waals surface area contributed by atoms with E-state index in [1.54, 1.807) is 6.92 Å². The molecule has 4 N–H and O–H groups in total. The Labute approximate surface area is 101 Å². The van der Waals surface area contributed by atoms with E-state index in [0.29, 0.717) is 6.61 Å². The van der Waals surface area contributed by atoms with Crippen LogP contribution in [0.1, 0.15) is 26.7 Å². The number of hydrogen-bond acceptors (Lipinski definition) is 4. The second-order valence-electron chi connectivity index (χ2n) is 3.36. The normalized spacial score (nSPS) is 9.86. The molecule has 0 saturated carbocycles. The van der Waals surface area contributed by atoms with Crippen molar-refractivity contribution in [2.24, 2.45) is 5.41 Å². The largest absolute Gasteiger partial charge is 0.396 e. The van der Waals surface area contributed by atoms with Gasteiger partial charge >= 0.3 is 0 Å². The van der Waals surface area contributed by atoms with E-state index in [4.69, 9.17) is 20.4 Å². The molecule has 0 amide bonds. The Hall–Kier alpha value is 0.554. The summed E-state index contributed by atoms with van der Waals surface area (Å²) < 4.78 is 0. The zero-order valence-corrected chi connectivity index (χ0v) is 10.6. The Morgan fingerprint density at radius 2 is 1.29 bits per heavy atom. The minimum absolute atomic E-state index is 0. The van der Waals surface area contributed by atoms with Gasteiger partial charge in [0.1, 0.15) is 0 Å². The minimum atomic E-state index is -0.708. The van der Waals surface area contributed by atoms with Crippen molar-refractivity contribution in [2.45, 2.75) is 26.7 Å². The summed E-state index contributed by atoms with van der Waals surface area (Å²) in [6, 6.07) is 0. The van der Waals surface area contributed by atoms with E-state index in [2.05, 4.69) is 6.92 Å². The molecule has 0 spiro atoms. The number of aliphatic hydroxyl groups excluding tert-OH is 4. The first-order valence-corrected chi connectivity index (χ1v) is 4.53. The second-order valence-corrected chi connectivity index (χ2v) is 3.36. The van der Waals surface area contributed by atoms with E-state index in [-0.39, 0.29) is 41.5 Å². The molecular formula is C9H22O4Ti. The minimum Gasteiger partial charge on any atom is -0.396 e. The molecule has 0 aliphatic carbocycles. The van der Waals surface area contributed by atoms with Crippen LogP contribution < -0.4 is 0 Å². The molecule has 4 nitrogen and oxygen atoms in total. The third-order valence-corrected chi connectivity index (χ3v) is 1.66. The third-order valence-electron chi connectivity index (χ3n) is 1.66. The number of unbranched alkanes of at least 4 members (excludes halogenated alkanes) is 1. The van der Waals surface area contributed by atoms with Gasteiger partial charge < -0.3 is 20.4 Å². The first-order chi connectivity index (χ1) is 6.10.